The number of rotatable bonds is 7. The minimum Gasteiger partial charge on any atom is -0.486 e. The predicted molar refractivity (Wildman–Crippen MR) is 119 cm³/mol. The van der Waals surface area contributed by atoms with Crippen LogP contribution in [0, 0.1) is 19.8 Å². The molecule has 0 spiro atoms. The van der Waals surface area contributed by atoms with Crippen molar-refractivity contribution < 1.29 is 15.7 Å². The molecule has 3 heteroatoms. The van der Waals surface area contributed by atoms with Crippen LogP contribution in [0.25, 0.3) is 0 Å². The van der Waals surface area contributed by atoms with Gasteiger partial charge in [-0.3, -0.25) is 0 Å². The van der Waals surface area contributed by atoms with Crippen molar-refractivity contribution >= 4 is 0 Å². The summed E-state index contributed by atoms with van der Waals surface area (Å²) in [5, 5.41) is 0. The van der Waals surface area contributed by atoms with Crippen molar-refractivity contribution in [3.8, 4) is 5.75 Å². The average molecular weight is 377 g/mol. The molecular formula is C24H40O3. The summed E-state index contributed by atoms with van der Waals surface area (Å²) >= 11 is 0. The molecule has 0 radical (unpaired) electrons. The fourth-order valence-corrected chi connectivity index (χ4v) is 2.95. The van der Waals surface area contributed by atoms with Crippen LogP contribution in [0.2, 0.25) is 0 Å². The van der Waals surface area contributed by atoms with Gasteiger partial charge in [0, 0.05) is 12.3 Å². The molecule has 154 valence electrons. The van der Waals surface area contributed by atoms with Gasteiger partial charge in [0.1, 0.15) is 11.9 Å². The second-order valence-corrected chi connectivity index (χ2v) is 6.92. The highest BCUT2D eigenvalue weighted by Crippen LogP contribution is 2.27. The topological polar surface area (TPSA) is 72.2 Å². The number of allylic oxidation sites excluding steroid dienone is 3. The molecule has 0 saturated carbocycles. The molecule has 2 rings (SSSR count). The van der Waals surface area contributed by atoms with Crippen LogP contribution in [-0.4, -0.2) is 17.1 Å². The summed E-state index contributed by atoms with van der Waals surface area (Å²) in [6.07, 6.45) is 14.8. The highest BCUT2D eigenvalue weighted by molar-refractivity contribution is 5.37. The van der Waals surface area contributed by atoms with Crippen LogP contribution < -0.4 is 4.74 Å². The summed E-state index contributed by atoms with van der Waals surface area (Å²) in [7, 11) is 0. The molecule has 27 heavy (non-hydrogen) atoms. The Balaban J connectivity index is 0. The number of unbranched alkanes of at least 4 members (excludes halogenated alkanes) is 1. The Bertz CT molecular complexity index is 587. The number of hydrogen-bond donors (Lipinski definition) is 0. The number of ether oxygens (including phenoxy) is 1. The van der Waals surface area contributed by atoms with E-state index in [1.54, 1.807) is 0 Å². The van der Waals surface area contributed by atoms with E-state index in [1.807, 2.05) is 0 Å². The standard InChI is InChI=1S/C21H28O.C3H8.2H2O/c1-5-7-9-18(6-2)19-10-8-11-20(15-19)22-21-13-12-16(3)14-17(21)4;1-3-2;;/h6,8,10,12-15,18,20H,2,5,7,9,11H2,1,3-4H3;3H2,1-2H3;2*1H2/t18-,20?;;;/m0.../s1. The zero-order valence-corrected chi connectivity index (χ0v) is 17.8. The molecule has 1 aliphatic rings. The first-order valence-corrected chi connectivity index (χ1v) is 9.80. The molecular weight excluding hydrogens is 336 g/mol. The first-order chi connectivity index (χ1) is 12.0. The summed E-state index contributed by atoms with van der Waals surface area (Å²) in [6, 6.07) is 6.37. The van der Waals surface area contributed by atoms with Crippen molar-refractivity contribution in [1.82, 2.24) is 0 Å². The Morgan fingerprint density at radius 3 is 2.41 bits per heavy atom. The number of aryl methyl sites for hydroxylation is 2. The highest BCUT2D eigenvalue weighted by atomic mass is 16.5. The molecule has 0 aliphatic heterocycles. The molecule has 3 nitrogen and oxygen atoms in total. The van der Waals surface area contributed by atoms with Gasteiger partial charge in [-0.15, -0.1) is 6.58 Å². The third-order valence-corrected chi connectivity index (χ3v) is 4.25. The lowest BCUT2D eigenvalue weighted by molar-refractivity contribution is 0.248. The van der Waals surface area contributed by atoms with Gasteiger partial charge in [0.05, 0.1) is 0 Å². The summed E-state index contributed by atoms with van der Waals surface area (Å²) < 4.78 is 6.21. The highest BCUT2D eigenvalue weighted by Gasteiger charge is 2.16. The molecule has 4 N–H and O–H groups in total. The minimum atomic E-state index is 0. The molecule has 1 aromatic carbocycles. The smallest absolute Gasteiger partial charge is 0.123 e. The fourth-order valence-electron chi connectivity index (χ4n) is 2.95. The molecule has 0 heterocycles. The van der Waals surface area contributed by atoms with Crippen LogP contribution in [0.5, 0.6) is 5.75 Å². The maximum absolute atomic E-state index is 6.21. The van der Waals surface area contributed by atoms with Crippen molar-refractivity contribution in [3.05, 3.63) is 65.8 Å². The van der Waals surface area contributed by atoms with Crippen molar-refractivity contribution in [2.75, 3.05) is 0 Å². The Labute approximate surface area is 166 Å². The zero-order valence-electron chi connectivity index (χ0n) is 17.8. The van der Waals surface area contributed by atoms with Crippen molar-refractivity contribution in [2.24, 2.45) is 5.92 Å². The third kappa shape index (κ3) is 9.60. The van der Waals surface area contributed by atoms with Gasteiger partial charge in [0.25, 0.3) is 0 Å². The molecule has 1 aromatic rings. The van der Waals surface area contributed by atoms with E-state index < -0.39 is 0 Å². The second kappa shape index (κ2) is 15.2. The van der Waals surface area contributed by atoms with E-state index in [0.29, 0.717) is 5.92 Å². The number of benzene rings is 1. The van der Waals surface area contributed by atoms with Gasteiger partial charge in [-0.25, -0.2) is 0 Å². The summed E-state index contributed by atoms with van der Waals surface area (Å²) in [5.41, 5.74) is 3.83. The summed E-state index contributed by atoms with van der Waals surface area (Å²) in [4.78, 5) is 0. The first kappa shape index (κ1) is 27.4. The Hall–Kier alpha value is -1.84. The zero-order chi connectivity index (χ0) is 18.7. The van der Waals surface area contributed by atoms with Gasteiger partial charge in [-0.1, -0.05) is 76.0 Å². The van der Waals surface area contributed by atoms with Crippen molar-refractivity contribution in [3.63, 3.8) is 0 Å². The largest absolute Gasteiger partial charge is 0.486 e. The fraction of sp³-hybridized carbons (Fsp3) is 0.500. The minimum absolute atomic E-state index is 0. The van der Waals surface area contributed by atoms with E-state index in [2.05, 4.69) is 83.7 Å². The van der Waals surface area contributed by atoms with Crippen LogP contribution >= 0.6 is 0 Å². The lowest BCUT2D eigenvalue weighted by Gasteiger charge is -2.23. The van der Waals surface area contributed by atoms with Gasteiger partial charge in [0.15, 0.2) is 0 Å². The maximum Gasteiger partial charge on any atom is 0.123 e. The van der Waals surface area contributed by atoms with E-state index in [1.165, 1.54) is 42.4 Å². The lowest BCUT2D eigenvalue weighted by Crippen LogP contribution is -2.18. The first-order valence-electron chi connectivity index (χ1n) is 9.80. The predicted octanol–water partition coefficient (Wildman–Crippen LogP) is 5.70. The van der Waals surface area contributed by atoms with Gasteiger partial charge < -0.3 is 15.7 Å². The molecule has 2 atom stereocenters. The molecule has 0 bridgehead atoms. The Kier molecular flexibility index (Phi) is 15.5. The van der Waals surface area contributed by atoms with Crippen LogP contribution in [0.4, 0.5) is 0 Å². The Morgan fingerprint density at radius 1 is 1.19 bits per heavy atom. The summed E-state index contributed by atoms with van der Waals surface area (Å²) in [6.45, 7) is 14.7. The molecule has 0 saturated heterocycles. The van der Waals surface area contributed by atoms with Crippen LogP contribution in [0.1, 0.15) is 64.0 Å². The quantitative estimate of drug-likeness (QED) is 0.563. The maximum atomic E-state index is 6.21. The van der Waals surface area contributed by atoms with Crippen LogP contribution in [0.15, 0.2) is 54.7 Å². The third-order valence-electron chi connectivity index (χ3n) is 4.25. The van der Waals surface area contributed by atoms with Gasteiger partial charge in [-0.05, 0) is 43.5 Å². The normalized spacial score (nSPS) is 15.9. The van der Waals surface area contributed by atoms with Gasteiger partial charge in [-0.2, -0.15) is 0 Å². The molecule has 0 aromatic heterocycles. The van der Waals surface area contributed by atoms with E-state index in [9.17, 15) is 0 Å². The SMILES string of the molecule is C=C[C@@H](CCCC)C1=CC(Oc2ccc(C)cc2C)CC=C1.CCC.O.O. The van der Waals surface area contributed by atoms with E-state index in [4.69, 9.17) is 4.74 Å². The van der Waals surface area contributed by atoms with Crippen molar-refractivity contribution in [1.29, 1.82) is 0 Å². The molecule has 0 amide bonds. The van der Waals surface area contributed by atoms with E-state index in [0.717, 1.165) is 12.2 Å². The van der Waals surface area contributed by atoms with Gasteiger partial charge in [0.2, 0.25) is 0 Å². The monoisotopic (exact) mass is 376 g/mol. The molecule has 1 aliphatic carbocycles. The van der Waals surface area contributed by atoms with E-state index >= 15 is 0 Å². The molecule has 0 fully saturated rings. The van der Waals surface area contributed by atoms with Crippen LogP contribution in [0.3, 0.4) is 0 Å². The molecule has 1 unspecified atom stereocenters. The Morgan fingerprint density at radius 2 is 1.85 bits per heavy atom. The summed E-state index contributed by atoms with van der Waals surface area (Å²) in [5.74, 6) is 1.44. The van der Waals surface area contributed by atoms with Crippen molar-refractivity contribution in [2.45, 2.75) is 72.8 Å². The van der Waals surface area contributed by atoms with Crippen LogP contribution in [-0.2, 0) is 0 Å². The average Bonchev–Trinajstić information content (AvgIpc) is 2.59. The van der Waals surface area contributed by atoms with E-state index in [-0.39, 0.29) is 17.1 Å². The second-order valence-electron chi connectivity index (χ2n) is 6.92. The van der Waals surface area contributed by atoms with Gasteiger partial charge >= 0.3 is 0 Å². The number of hydrogen-bond acceptors (Lipinski definition) is 1. The lowest BCUT2D eigenvalue weighted by atomic mass is 9.89.